The summed E-state index contributed by atoms with van der Waals surface area (Å²) in [6.07, 6.45) is -5.08. The van der Waals surface area contributed by atoms with Crippen LogP contribution in [0.2, 0.25) is 0 Å². The molecule has 4 N–H and O–H groups in total. The molecule has 3 aromatic rings. The fraction of sp³-hybridized carbons (Fsp3) is 0.133. The Kier molecular flexibility index (Phi) is 7.35. The number of hydrogen-bond acceptors (Lipinski definition) is 9. The molecule has 0 spiro atoms. The predicted molar refractivity (Wildman–Crippen MR) is 103 cm³/mol. The zero-order chi connectivity index (χ0) is 22.5. The maximum atomic E-state index is 12.1. The minimum atomic E-state index is -5.08. The van der Waals surface area contributed by atoms with Crippen LogP contribution < -0.4 is 15.2 Å². The maximum Gasteiger partial charge on any atom is 0.490 e. The standard InChI is InChI=1S/C13H11N3O4S3.C2HF3O2/c14-7-11(17)16-13-15-9-4-3-8(6-10(9)22-13)20-23(18,19)12-2-1-5-21-12;3-2(4,5)1(6)7/h1-6H,7,14H2,(H,15,16,17);(H,6,7). The number of alkyl halides is 3. The molecule has 0 radical (unpaired) electrons. The number of halogens is 3. The summed E-state index contributed by atoms with van der Waals surface area (Å²) in [4.78, 5) is 24.4. The Morgan fingerprint density at radius 2 is 1.93 bits per heavy atom. The van der Waals surface area contributed by atoms with Crippen molar-refractivity contribution in [2.45, 2.75) is 10.4 Å². The van der Waals surface area contributed by atoms with Gasteiger partial charge in [0, 0.05) is 6.07 Å². The number of nitrogens with zero attached hydrogens (tertiary/aromatic N) is 1. The van der Waals surface area contributed by atoms with E-state index in [0.29, 0.717) is 15.3 Å². The number of nitrogens with two attached hydrogens (primary N) is 1. The number of carboxylic acids is 1. The van der Waals surface area contributed by atoms with Gasteiger partial charge in [-0.3, -0.25) is 4.79 Å². The molecule has 0 saturated heterocycles. The molecule has 0 aliphatic heterocycles. The number of aliphatic carboxylic acids is 1. The number of amides is 1. The van der Waals surface area contributed by atoms with Gasteiger partial charge in [-0.25, -0.2) is 9.78 Å². The molecule has 162 valence electrons. The number of nitrogens with one attached hydrogen (secondary N) is 1. The third-order valence-electron chi connectivity index (χ3n) is 2.98. The number of carboxylic acid groups (broad SMARTS) is 1. The Labute approximate surface area is 175 Å². The highest BCUT2D eigenvalue weighted by Crippen LogP contribution is 2.31. The molecule has 0 aliphatic carbocycles. The lowest BCUT2D eigenvalue weighted by Gasteiger charge is -2.04. The summed E-state index contributed by atoms with van der Waals surface area (Å²) in [6, 6.07) is 7.83. The summed E-state index contributed by atoms with van der Waals surface area (Å²) in [7, 11) is -3.84. The Bertz CT molecular complexity index is 1140. The van der Waals surface area contributed by atoms with Crippen molar-refractivity contribution in [1.82, 2.24) is 4.98 Å². The molecule has 0 aliphatic rings. The molecule has 3 rings (SSSR count). The van der Waals surface area contributed by atoms with Gasteiger partial charge in [0.25, 0.3) is 0 Å². The molecule has 1 aromatic carbocycles. The zero-order valence-corrected chi connectivity index (χ0v) is 17.0. The molecule has 0 saturated carbocycles. The number of benzene rings is 1. The Balaban J connectivity index is 0.000000396. The van der Waals surface area contributed by atoms with Crippen LogP contribution in [-0.4, -0.2) is 43.1 Å². The quantitative estimate of drug-likeness (QED) is 0.469. The van der Waals surface area contributed by atoms with Crippen molar-refractivity contribution < 1.29 is 40.5 Å². The van der Waals surface area contributed by atoms with Crippen molar-refractivity contribution in [3.05, 3.63) is 35.7 Å². The van der Waals surface area contributed by atoms with Gasteiger partial charge < -0.3 is 20.3 Å². The van der Waals surface area contributed by atoms with Crippen molar-refractivity contribution in [3.63, 3.8) is 0 Å². The number of thiazole rings is 1. The first-order valence-electron chi connectivity index (χ1n) is 7.61. The fourth-order valence-electron chi connectivity index (χ4n) is 1.75. The highest BCUT2D eigenvalue weighted by atomic mass is 32.3. The third kappa shape index (κ3) is 6.38. The smallest absolute Gasteiger partial charge is 0.475 e. The SMILES string of the molecule is NCC(=O)Nc1nc2ccc(OS(=O)(=O)c3cccs3)cc2s1.O=C(O)C(F)(F)F. The molecule has 1 amide bonds. The molecule has 0 fully saturated rings. The second kappa shape index (κ2) is 9.38. The summed E-state index contributed by atoms with van der Waals surface area (Å²) in [6.45, 7) is -0.136. The first-order chi connectivity index (χ1) is 13.9. The van der Waals surface area contributed by atoms with Crippen LogP contribution in [0.5, 0.6) is 5.75 Å². The van der Waals surface area contributed by atoms with Crippen LogP contribution in [-0.2, 0) is 19.7 Å². The van der Waals surface area contributed by atoms with E-state index in [0.717, 1.165) is 11.3 Å². The minimum Gasteiger partial charge on any atom is -0.475 e. The highest BCUT2D eigenvalue weighted by molar-refractivity contribution is 7.89. The number of rotatable bonds is 5. The van der Waals surface area contributed by atoms with Crippen LogP contribution in [0.25, 0.3) is 10.2 Å². The monoisotopic (exact) mass is 483 g/mol. The summed E-state index contributed by atoms with van der Waals surface area (Å²) < 4.78 is 61.9. The fourth-order valence-corrected chi connectivity index (χ4v) is 4.54. The van der Waals surface area contributed by atoms with Gasteiger partial charge in [-0.2, -0.15) is 21.6 Å². The van der Waals surface area contributed by atoms with Crippen LogP contribution in [0.3, 0.4) is 0 Å². The van der Waals surface area contributed by atoms with Crippen molar-refractivity contribution in [2.24, 2.45) is 5.73 Å². The van der Waals surface area contributed by atoms with E-state index in [2.05, 4.69) is 10.3 Å². The van der Waals surface area contributed by atoms with E-state index in [1.54, 1.807) is 23.6 Å². The number of carbonyl (C=O) groups excluding carboxylic acids is 1. The van der Waals surface area contributed by atoms with Gasteiger partial charge in [-0.05, 0) is 23.6 Å². The molecule has 0 bridgehead atoms. The Morgan fingerprint density at radius 3 is 2.47 bits per heavy atom. The lowest BCUT2D eigenvalue weighted by Crippen LogP contribution is -2.21. The molecular weight excluding hydrogens is 471 g/mol. The van der Waals surface area contributed by atoms with Crippen LogP contribution in [0, 0.1) is 0 Å². The van der Waals surface area contributed by atoms with Gasteiger partial charge >= 0.3 is 22.3 Å². The lowest BCUT2D eigenvalue weighted by atomic mass is 10.3. The average molecular weight is 483 g/mol. The van der Waals surface area contributed by atoms with E-state index in [9.17, 15) is 26.4 Å². The van der Waals surface area contributed by atoms with Gasteiger partial charge in [0.05, 0.1) is 16.8 Å². The molecule has 9 nitrogen and oxygen atoms in total. The van der Waals surface area contributed by atoms with Crippen LogP contribution >= 0.6 is 22.7 Å². The van der Waals surface area contributed by atoms with E-state index in [4.69, 9.17) is 19.8 Å². The van der Waals surface area contributed by atoms with E-state index in [1.165, 1.54) is 23.5 Å². The van der Waals surface area contributed by atoms with Crippen LogP contribution in [0.15, 0.2) is 39.9 Å². The summed E-state index contributed by atoms with van der Waals surface area (Å²) in [5.41, 5.74) is 5.86. The summed E-state index contributed by atoms with van der Waals surface area (Å²) in [5.74, 6) is -2.92. The molecule has 30 heavy (non-hydrogen) atoms. The van der Waals surface area contributed by atoms with Crippen molar-refractivity contribution in [2.75, 3.05) is 11.9 Å². The van der Waals surface area contributed by atoms with Crippen LogP contribution in [0.4, 0.5) is 18.3 Å². The molecular formula is C15H12F3N3O6S3. The molecule has 2 aromatic heterocycles. The average Bonchev–Trinajstić information content (AvgIpc) is 3.30. The zero-order valence-electron chi connectivity index (χ0n) is 14.5. The Hall–Kier alpha value is -2.75. The first kappa shape index (κ1) is 23.5. The first-order valence-corrected chi connectivity index (χ1v) is 10.7. The largest absolute Gasteiger partial charge is 0.490 e. The van der Waals surface area contributed by atoms with E-state index in [1.807, 2.05) is 0 Å². The van der Waals surface area contributed by atoms with Crippen molar-refractivity contribution >= 4 is 60.0 Å². The second-order valence-corrected chi connectivity index (χ2v) is 8.92. The molecule has 0 atom stereocenters. The van der Waals surface area contributed by atoms with Crippen molar-refractivity contribution in [3.8, 4) is 5.75 Å². The van der Waals surface area contributed by atoms with Crippen molar-refractivity contribution in [1.29, 1.82) is 0 Å². The number of carbonyl (C=O) groups is 2. The number of aromatic nitrogens is 1. The number of thiophene rings is 1. The summed E-state index contributed by atoms with van der Waals surface area (Å²) >= 11 is 2.29. The number of hydrogen-bond donors (Lipinski definition) is 3. The summed E-state index contributed by atoms with van der Waals surface area (Å²) in [5, 5.41) is 11.7. The minimum absolute atomic E-state index is 0.136. The van der Waals surface area contributed by atoms with Gasteiger partial charge in [0.15, 0.2) is 9.34 Å². The normalized spacial score (nSPS) is 11.5. The van der Waals surface area contributed by atoms with Gasteiger partial charge in [-0.15, -0.1) is 11.3 Å². The number of anilines is 1. The number of fused-ring (bicyclic) bond motifs is 1. The van der Waals surface area contributed by atoms with E-state index in [-0.39, 0.29) is 22.4 Å². The topological polar surface area (TPSA) is 149 Å². The molecule has 0 unspecified atom stereocenters. The van der Waals surface area contributed by atoms with Gasteiger partial charge in [-0.1, -0.05) is 17.4 Å². The third-order valence-corrected chi connectivity index (χ3v) is 6.52. The van der Waals surface area contributed by atoms with Gasteiger partial charge in [0.2, 0.25) is 5.91 Å². The molecule has 2 heterocycles. The molecule has 15 heteroatoms. The van der Waals surface area contributed by atoms with Crippen LogP contribution in [0.1, 0.15) is 0 Å². The second-order valence-electron chi connectivity index (χ2n) is 5.17. The Morgan fingerprint density at radius 1 is 1.27 bits per heavy atom. The van der Waals surface area contributed by atoms with E-state index >= 15 is 0 Å². The maximum absolute atomic E-state index is 12.1. The van der Waals surface area contributed by atoms with E-state index < -0.39 is 22.3 Å². The lowest BCUT2D eigenvalue weighted by molar-refractivity contribution is -0.192. The highest BCUT2D eigenvalue weighted by Gasteiger charge is 2.38. The predicted octanol–water partition coefficient (Wildman–Crippen LogP) is 2.66. The van der Waals surface area contributed by atoms with Gasteiger partial charge in [0.1, 0.15) is 5.75 Å².